The molecule has 0 aliphatic carbocycles. The molecule has 0 bridgehead atoms. The Bertz CT molecular complexity index is 426. The third-order valence-electron chi connectivity index (χ3n) is 2.33. The molecule has 1 unspecified atom stereocenters. The third-order valence-corrected chi connectivity index (χ3v) is 4.53. The van der Waals surface area contributed by atoms with E-state index >= 15 is 0 Å². The molecule has 2 nitrogen and oxygen atoms in total. The van der Waals surface area contributed by atoms with Crippen LogP contribution in [0, 0.1) is 0 Å². The lowest BCUT2D eigenvalue weighted by atomic mass is 10.1. The molecule has 17 heavy (non-hydrogen) atoms. The van der Waals surface area contributed by atoms with Gasteiger partial charge < -0.3 is 0 Å². The van der Waals surface area contributed by atoms with Gasteiger partial charge in [-0.25, -0.2) is 4.79 Å². The van der Waals surface area contributed by atoms with Crippen LogP contribution >= 0.6 is 0 Å². The second kappa shape index (κ2) is 6.54. The fourth-order valence-corrected chi connectivity index (χ4v) is 3.55. The number of rotatable bonds is 0. The van der Waals surface area contributed by atoms with E-state index in [9.17, 15) is 18.2 Å². The average Bonchev–Trinajstić information content (AvgIpc) is 2.30. The number of fused-ring (bicyclic) bond motifs is 1. The Balaban J connectivity index is 0.000000437. The first-order chi connectivity index (χ1) is 8.11. The van der Waals surface area contributed by atoms with E-state index in [4.69, 9.17) is 0 Å². The van der Waals surface area contributed by atoms with Gasteiger partial charge in [0.1, 0.15) is 5.75 Å². The number of Topliss-reactive ketones (excluding diaryl/α,β-unsaturated/α-hetero) is 1. The topological polar surface area (TPSA) is 34.1 Å². The van der Waals surface area contributed by atoms with Gasteiger partial charge in [0.2, 0.25) is 0 Å². The van der Waals surface area contributed by atoms with Crippen molar-refractivity contribution in [1.29, 1.82) is 0 Å². The maximum absolute atomic E-state index is 11.5. The van der Waals surface area contributed by atoms with Gasteiger partial charge in [0.15, 0.2) is 10.7 Å². The largest absolute Gasteiger partial charge is 0.577 e. The molecule has 0 amide bonds. The second-order valence-corrected chi connectivity index (χ2v) is 5.54. The Morgan fingerprint density at radius 1 is 1.35 bits per heavy atom. The number of carbonyl (C=O) groups is 2. The molecule has 2 rings (SSSR count). The molecule has 0 N–H and O–H groups in total. The maximum atomic E-state index is 11.5. The highest BCUT2D eigenvalue weighted by Gasteiger charge is 2.37. The first-order valence-corrected chi connectivity index (χ1v) is 6.37. The summed E-state index contributed by atoms with van der Waals surface area (Å²) in [4.78, 5) is 23.9. The van der Waals surface area contributed by atoms with Crippen LogP contribution in [0.1, 0.15) is 23.7 Å². The van der Waals surface area contributed by atoms with Crippen LogP contribution in [0.25, 0.3) is 0 Å². The molecular formula is C11H11BF2O2S+. The second-order valence-electron chi connectivity index (χ2n) is 3.34. The average molecular weight is 256 g/mol. The Morgan fingerprint density at radius 2 is 1.94 bits per heavy atom. The van der Waals surface area contributed by atoms with Crippen molar-refractivity contribution < 1.29 is 18.2 Å². The van der Waals surface area contributed by atoms with Gasteiger partial charge in [-0.15, -0.1) is 0 Å². The van der Waals surface area contributed by atoms with Crippen LogP contribution in [0.4, 0.5) is 8.63 Å². The van der Waals surface area contributed by atoms with Gasteiger partial charge in [-0.3, -0.25) is 13.4 Å². The lowest BCUT2D eigenvalue weighted by Gasteiger charge is -2.12. The van der Waals surface area contributed by atoms with Crippen molar-refractivity contribution in [2.75, 3.05) is 5.75 Å². The van der Waals surface area contributed by atoms with Crippen LogP contribution in [0.2, 0.25) is 0 Å². The molecule has 1 heterocycles. The summed E-state index contributed by atoms with van der Waals surface area (Å²) in [5.41, 5.74) is 0.747. The fourth-order valence-electron chi connectivity index (χ4n) is 1.65. The molecule has 0 saturated carbocycles. The molecule has 1 radical (unpaired) electrons. The van der Waals surface area contributed by atoms with Crippen molar-refractivity contribution in [2.24, 2.45) is 0 Å². The molecule has 89 valence electrons. The lowest BCUT2D eigenvalue weighted by Crippen LogP contribution is -2.26. The highest BCUT2D eigenvalue weighted by Crippen LogP contribution is 2.26. The molecule has 0 saturated heterocycles. The van der Waals surface area contributed by atoms with Gasteiger partial charge in [0.25, 0.3) is 0 Å². The Kier molecular flexibility index (Phi) is 5.35. The first kappa shape index (κ1) is 13.9. The van der Waals surface area contributed by atoms with Crippen molar-refractivity contribution in [1.82, 2.24) is 0 Å². The zero-order valence-corrected chi connectivity index (χ0v) is 10.1. The lowest BCUT2D eigenvalue weighted by molar-refractivity contribution is -0.109. The van der Waals surface area contributed by atoms with E-state index in [1.807, 2.05) is 24.3 Å². The molecule has 1 aromatic rings. The summed E-state index contributed by atoms with van der Waals surface area (Å²) in [7, 11) is -1.35. The molecule has 1 aromatic carbocycles. The van der Waals surface area contributed by atoms with Crippen molar-refractivity contribution >= 4 is 29.6 Å². The fraction of sp³-hybridized carbons (Fsp3) is 0.273. The predicted molar refractivity (Wildman–Crippen MR) is 64.5 cm³/mol. The number of hydrogen-bond donors (Lipinski definition) is 0. The van der Waals surface area contributed by atoms with Crippen LogP contribution in [-0.2, 0) is 15.7 Å². The monoisotopic (exact) mass is 256 g/mol. The highest BCUT2D eigenvalue weighted by molar-refractivity contribution is 8.11. The van der Waals surface area contributed by atoms with Crippen LogP contribution < -0.4 is 0 Å². The quantitative estimate of drug-likeness (QED) is 0.527. The Morgan fingerprint density at radius 3 is 2.53 bits per heavy atom. The van der Waals surface area contributed by atoms with Crippen LogP contribution in [0.15, 0.2) is 29.2 Å². The predicted octanol–water partition coefficient (Wildman–Crippen LogP) is 2.26. The van der Waals surface area contributed by atoms with E-state index in [1.54, 1.807) is 6.92 Å². The summed E-state index contributed by atoms with van der Waals surface area (Å²) < 4.78 is 19.0. The normalized spacial score (nSPS) is 17.6. The molecule has 1 aliphatic heterocycles. The van der Waals surface area contributed by atoms with E-state index in [2.05, 4.69) is 0 Å². The van der Waals surface area contributed by atoms with E-state index < -0.39 is 7.83 Å². The zero-order valence-electron chi connectivity index (χ0n) is 9.28. The molecule has 0 aromatic heterocycles. The standard InChI is InChI=1S/C11H11O2S.BF2/c1-8(12)14-7-6-10(13)9-4-2-3-5-11(9)14;2-1-3/h2-5H,6-7H2,1H3;/q+1;. The minimum atomic E-state index is -1.00. The zero-order chi connectivity index (χ0) is 12.8. The molecular weight excluding hydrogens is 245 g/mol. The van der Waals surface area contributed by atoms with Crippen LogP contribution in [-0.4, -0.2) is 24.5 Å². The molecule has 0 fully saturated rings. The summed E-state index contributed by atoms with van der Waals surface area (Å²) in [5.74, 6) is 0.871. The van der Waals surface area contributed by atoms with Gasteiger partial charge >= 0.3 is 12.9 Å². The Hall–Kier alpha value is -1.17. The number of carbonyl (C=O) groups excluding carboxylic acids is 2. The summed E-state index contributed by atoms with van der Waals surface area (Å²) in [6.45, 7) is 1.61. The van der Waals surface area contributed by atoms with E-state index in [0.717, 1.165) is 10.5 Å². The summed E-state index contributed by atoms with van der Waals surface area (Å²) in [6.07, 6.45) is 0.514. The van der Waals surface area contributed by atoms with Gasteiger partial charge in [-0.2, -0.15) is 0 Å². The van der Waals surface area contributed by atoms with Gasteiger partial charge in [-0.05, 0) is 12.1 Å². The first-order valence-electron chi connectivity index (χ1n) is 4.97. The summed E-state index contributed by atoms with van der Waals surface area (Å²) in [6, 6.07) is 7.46. The number of benzene rings is 1. The summed E-state index contributed by atoms with van der Waals surface area (Å²) in [5, 5.41) is 0.185. The van der Waals surface area contributed by atoms with Gasteiger partial charge in [-0.1, -0.05) is 12.1 Å². The smallest absolute Gasteiger partial charge is 0.294 e. The molecule has 6 heteroatoms. The molecule has 1 aliphatic rings. The minimum absolute atomic E-state index is 0.172. The van der Waals surface area contributed by atoms with E-state index in [1.165, 1.54) is 0 Å². The van der Waals surface area contributed by atoms with Crippen molar-refractivity contribution in [3.8, 4) is 0 Å². The number of halogens is 2. The van der Waals surface area contributed by atoms with E-state index in [-0.39, 0.29) is 21.8 Å². The van der Waals surface area contributed by atoms with Gasteiger partial charge in [0.05, 0.1) is 22.9 Å². The van der Waals surface area contributed by atoms with Crippen molar-refractivity contribution in [3.63, 3.8) is 0 Å². The molecule has 1 atom stereocenters. The SMILES string of the molecule is CC(=O)[S+]1CCC(=O)c2ccccc21.F[B]F. The number of ketones is 1. The van der Waals surface area contributed by atoms with Crippen molar-refractivity contribution in [2.45, 2.75) is 18.2 Å². The third kappa shape index (κ3) is 3.39. The minimum Gasteiger partial charge on any atom is -0.294 e. The van der Waals surface area contributed by atoms with E-state index in [0.29, 0.717) is 12.2 Å². The molecule has 0 spiro atoms. The Labute approximate surface area is 102 Å². The van der Waals surface area contributed by atoms with Crippen LogP contribution in [0.5, 0.6) is 0 Å². The van der Waals surface area contributed by atoms with Gasteiger partial charge in [0, 0.05) is 6.92 Å². The summed E-state index contributed by atoms with van der Waals surface area (Å²) >= 11 is 0. The maximum Gasteiger partial charge on any atom is 0.577 e. The van der Waals surface area contributed by atoms with Crippen molar-refractivity contribution in [3.05, 3.63) is 29.8 Å². The number of hydrogen-bond acceptors (Lipinski definition) is 2. The van der Waals surface area contributed by atoms with Crippen LogP contribution in [0.3, 0.4) is 0 Å². The highest BCUT2D eigenvalue weighted by atomic mass is 32.2.